The quantitative estimate of drug-likeness (QED) is 0.642. The second-order valence-corrected chi connectivity index (χ2v) is 10.3. The van der Waals surface area contributed by atoms with Gasteiger partial charge in [0.25, 0.3) is 5.56 Å². The molecule has 2 aromatic heterocycles. The lowest BCUT2D eigenvalue weighted by Gasteiger charge is -2.28. The fourth-order valence-electron chi connectivity index (χ4n) is 5.04. The predicted molar refractivity (Wildman–Crippen MR) is 123 cm³/mol. The Hall–Kier alpha value is -2.19. The summed E-state index contributed by atoms with van der Waals surface area (Å²) in [6.45, 7) is 3.94. The number of rotatable bonds is 7. The van der Waals surface area contributed by atoms with Gasteiger partial charge in [-0.05, 0) is 79.3 Å². The Morgan fingerprint density at radius 3 is 2.84 bits per heavy atom. The van der Waals surface area contributed by atoms with Crippen LogP contribution >= 0.6 is 22.7 Å². The normalized spacial score (nSPS) is 24.5. The third-order valence-corrected chi connectivity index (χ3v) is 8.19. The van der Waals surface area contributed by atoms with E-state index in [-0.39, 0.29) is 30.7 Å². The summed E-state index contributed by atoms with van der Waals surface area (Å²) in [5.74, 6) is 1.33. The first-order chi connectivity index (χ1) is 14.9. The van der Waals surface area contributed by atoms with Crippen LogP contribution < -0.4 is 20.1 Å². The number of ether oxygens (including phenoxy) is 1. The predicted octanol–water partition coefficient (Wildman–Crippen LogP) is 2.08. The lowest BCUT2D eigenvalue weighted by atomic mass is 9.84. The number of hydrogen-bond acceptors (Lipinski definition) is 6. The summed E-state index contributed by atoms with van der Waals surface area (Å²) in [5, 5.41) is 7.00. The molecule has 2 aliphatic carbocycles. The lowest BCUT2D eigenvalue weighted by molar-refractivity contribution is -0.135. The first-order valence-electron chi connectivity index (χ1n) is 10.9. The Morgan fingerprint density at radius 1 is 1.35 bits per heavy atom. The van der Waals surface area contributed by atoms with E-state index in [1.807, 2.05) is 16.8 Å². The molecule has 2 aliphatic rings. The number of aromatic nitrogens is 1. The summed E-state index contributed by atoms with van der Waals surface area (Å²) < 4.78 is 7.30. The monoisotopic (exact) mass is 460 g/mol. The molecule has 2 aromatic rings. The second-order valence-electron chi connectivity index (χ2n) is 8.49. The van der Waals surface area contributed by atoms with Crippen molar-refractivity contribution in [2.24, 2.45) is 17.8 Å². The molecule has 0 aromatic carbocycles. The van der Waals surface area contributed by atoms with E-state index in [2.05, 4.69) is 12.2 Å². The van der Waals surface area contributed by atoms with E-state index in [9.17, 15) is 14.4 Å². The van der Waals surface area contributed by atoms with Gasteiger partial charge in [0, 0.05) is 6.04 Å². The number of thiophene rings is 1. The van der Waals surface area contributed by atoms with Crippen molar-refractivity contribution in [3.8, 4) is 0 Å². The Kier molecular flexibility index (Phi) is 6.77. The molecule has 6 nitrogen and oxygen atoms in total. The first-order valence-corrected chi connectivity index (χ1v) is 12.6. The van der Waals surface area contributed by atoms with Gasteiger partial charge in [0.15, 0.2) is 0 Å². The molecule has 0 spiro atoms. The molecule has 0 aliphatic heterocycles. The van der Waals surface area contributed by atoms with Crippen molar-refractivity contribution in [2.45, 2.75) is 52.1 Å². The van der Waals surface area contributed by atoms with Gasteiger partial charge in [0.2, 0.25) is 5.91 Å². The zero-order chi connectivity index (χ0) is 22.0. The zero-order valence-electron chi connectivity index (χ0n) is 17.8. The number of carbonyl (C=O) groups is 2. The molecule has 0 saturated heterocycles. The molecular formula is C23H28N2O4S2. The van der Waals surface area contributed by atoms with Crippen molar-refractivity contribution < 1.29 is 14.3 Å². The highest BCUT2D eigenvalue weighted by Crippen LogP contribution is 2.49. The van der Waals surface area contributed by atoms with Crippen LogP contribution in [0.1, 0.15) is 45.1 Å². The summed E-state index contributed by atoms with van der Waals surface area (Å²) >= 11 is 2.74. The summed E-state index contributed by atoms with van der Waals surface area (Å²) in [5.41, 5.74) is 0.655. The molecule has 4 unspecified atom stereocenters. The third-order valence-electron chi connectivity index (χ3n) is 6.43. The maximum absolute atomic E-state index is 13.0. The van der Waals surface area contributed by atoms with E-state index in [0.717, 1.165) is 11.5 Å². The minimum absolute atomic E-state index is 0.0893. The highest BCUT2D eigenvalue weighted by atomic mass is 32.1. The number of amides is 1. The molecule has 4 atom stereocenters. The Labute approximate surface area is 189 Å². The lowest BCUT2D eigenvalue weighted by Crippen LogP contribution is -2.44. The summed E-state index contributed by atoms with van der Waals surface area (Å²) in [7, 11) is 0. The Morgan fingerprint density at radius 2 is 2.19 bits per heavy atom. The Bertz CT molecular complexity index is 1120. The van der Waals surface area contributed by atoms with Crippen LogP contribution in [0.3, 0.4) is 0 Å². The first kappa shape index (κ1) is 22.0. The van der Waals surface area contributed by atoms with Crippen molar-refractivity contribution in [1.29, 1.82) is 0 Å². The Balaban J connectivity index is 1.57. The molecule has 1 amide bonds. The van der Waals surface area contributed by atoms with Gasteiger partial charge >= 0.3 is 5.97 Å². The van der Waals surface area contributed by atoms with Crippen LogP contribution in [-0.2, 0) is 20.9 Å². The van der Waals surface area contributed by atoms with Gasteiger partial charge in [-0.1, -0.05) is 6.42 Å². The van der Waals surface area contributed by atoms with Crippen LogP contribution in [-0.4, -0.2) is 29.1 Å². The van der Waals surface area contributed by atoms with Crippen molar-refractivity contribution in [3.05, 3.63) is 41.9 Å². The molecule has 0 radical (unpaired) electrons. The van der Waals surface area contributed by atoms with Gasteiger partial charge in [-0.15, -0.1) is 11.3 Å². The van der Waals surface area contributed by atoms with E-state index < -0.39 is 5.97 Å². The van der Waals surface area contributed by atoms with Crippen LogP contribution in [0.15, 0.2) is 21.6 Å². The van der Waals surface area contributed by atoms with Gasteiger partial charge in [0.1, 0.15) is 11.2 Å². The van der Waals surface area contributed by atoms with Crippen molar-refractivity contribution in [1.82, 2.24) is 9.88 Å². The van der Waals surface area contributed by atoms with Crippen molar-refractivity contribution >= 4 is 46.7 Å². The summed E-state index contributed by atoms with van der Waals surface area (Å²) in [6.07, 6.45) is 8.15. The minimum atomic E-state index is -0.518. The van der Waals surface area contributed by atoms with E-state index in [1.54, 1.807) is 24.3 Å². The standard InChI is InChI=1S/C23H28N2O4S2/c1-3-29-22(27)11-21-25(23(28)19(31-21)10-16-6-7-30-13-16)12-20(26)24-14(2)18-9-15-4-5-17(18)8-15/h6-7,10-11,13-15,17-18H,3-5,8-9,12H2,1-2H3,(H,24,26)/b19-10+,21-11-. The topological polar surface area (TPSA) is 77.4 Å². The molecule has 8 heteroatoms. The van der Waals surface area contributed by atoms with E-state index in [4.69, 9.17) is 4.74 Å². The molecule has 2 fully saturated rings. The van der Waals surface area contributed by atoms with E-state index in [0.29, 0.717) is 21.0 Å². The number of nitrogens with zero attached hydrogens (tertiary/aromatic N) is 1. The van der Waals surface area contributed by atoms with Crippen LogP contribution in [0.25, 0.3) is 12.2 Å². The average molecular weight is 461 g/mol. The van der Waals surface area contributed by atoms with Crippen LogP contribution in [0.5, 0.6) is 0 Å². The maximum atomic E-state index is 13.0. The smallest absolute Gasteiger partial charge is 0.333 e. The molecule has 2 saturated carbocycles. The van der Waals surface area contributed by atoms with Gasteiger partial charge in [-0.2, -0.15) is 11.3 Å². The summed E-state index contributed by atoms with van der Waals surface area (Å²) in [4.78, 5) is 37.9. The largest absolute Gasteiger partial charge is 0.463 e. The number of carbonyl (C=O) groups excluding carboxylic acids is 2. The molecule has 1 N–H and O–H groups in total. The van der Waals surface area contributed by atoms with Gasteiger partial charge < -0.3 is 10.1 Å². The molecule has 2 heterocycles. The molecule has 2 bridgehead atoms. The zero-order valence-corrected chi connectivity index (χ0v) is 19.5. The highest BCUT2D eigenvalue weighted by Gasteiger charge is 2.42. The summed E-state index contributed by atoms with van der Waals surface area (Å²) in [6, 6.07) is 2.01. The minimum Gasteiger partial charge on any atom is -0.463 e. The van der Waals surface area contributed by atoms with Gasteiger partial charge in [0.05, 0.1) is 17.2 Å². The van der Waals surface area contributed by atoms with E-state index >= 15 is 0 Å². The van der Waals surface area contributed by atoms with E-state index in [1.165, 1.54) is 47.7 Å². The average Bonchev–Trinajstić information content (AvgIpc) is 3.51. The highest BCUT2D eigenvalue weighted by molar-refractivity contribution is 7.08. The fraction of sp³-hybridized carbons (Fsp3) is 0.522. The molecule has 166 valence electrons. The van der Waals surface area contributed by atoms with Crippen LogP contribution in [0, 0.1) is 17.8 Å². The third kappa shape index (κ3) is 5.01. The van der Waals surface area contributed by atoms with Gasteiger partial charge in [-0.3, -0.25) is 14.2 Å². The second kappa shape index (κ2) is 9.53. The SMILES string of the molecule is CCOC(=O)/C=c1\s/c(=C/c2ccsc2)c(=O)n1CC(=O)NC(C)C1CC2CCC1C2. The van der Waals surface area contributed by atoms with Gasteiger partial charge in [-0.25, -0.2) is 4.79 Å². The van der Waals surface area contributed by atoms with Crippen molar-refractivity contribution in [3.63, 3.8) is 0 Å². The maximum Gasteiger partial charge on any atom is 0.333 e. The molecule has 4 rings (SSSR count). The number of fused-ring (bicyclic) bond motifs is 2. The number of nitrogens with one attached hydrogen (secondary N) is 1. The van der Waals surface area contributed by atoms with Crippen LogP contribution in [0.4, 0.5) is 0 Å². The fourth-order valence-corrected chi connectivity index (χ4v) is 6.69. The number of hydrogen-bond donors (Lipinski definition) is 1. The number of thiazole rings is 1. The van der Waals surface area contributed by atoms with Crippen LogP contribution in [0.2, 0.25) is 0 Å². The number of esters is 1. The van der Waals surface area contributed by atoms with Crippen molar-refractivity contribution in [2.75, 3.05) is 6.61 Å². The molecule has 31 heavy (non-hydrogen) atoms. The molecular weight excluding hydrogens is 432 g/mol.